The van der Waals surface area contributed by atoms with Crippen molar-refractivity contribution in [3.63, 3.8) is 0 Å². The smallest absolute Gasteiger partial charge is 0.294 e. The SMILES string of the molecule is Cc1nc2c(c(C)c1[N+](=O)[O-])C(=O)CNC2. The minimum absolute atomic E-state index is 0.0472. The summed E-state index contributed by atoms with van der Waals surface area (Å²) in [7, 11) is 0. The molecule has 0 bridgehead atoms. The zero-order valence-electron chi connectivity index (χ0n) is 9.03. The van der Waals surface area contributed by atoms with Gasteiger partial charge in [0.1, 0.15) is 5.69 Å². The first-order valence-electron chi connectivity index (χ1n) is 4.90. The molecule has 6 heteroatoms. The van der Waals surface area contributed by atoms with Crippen molar-refractivity contribution in [1.82, 2.24) is 10.3 Å². The number of carbonyl (C=O) groups is 1. The van der Waals surface area contributed by atoms with Crippen molar-refractivity contribution in [2.24, 2.45) is 0 Å². The van der Waals surface area contributed by atoms with Crippen molar-refractivity contribution >= 4 is 11.5 Å². The van der Waals surface area contributed by atoms with E-state index in [-0.39, 0.29) is 18.0 Å². The third-order valence-electron chi connectivity index (χ3n) is 2.70. The van der Waals surface area contributed by atoms with Gasteiger partial charge in [-0.05, 0) is 13.8 Å². The zero-order valence-corrected chi connectivity index (χ0v) is 9.03. The zero-order chi connectivity index (χ0) is 11.9. The van der Waals surface area contributed by atoms with Crippen LogP contribution < -0.4 is 5.32 Å². The third kappa shape index (κ3) is 1.47. The van der Waals surface area contributed by atoms with Crippen LogP contribution in [0.3, 0.4) is 0 Å². The second kappa shape index (κ2) is 3.64. The molecule has 0 atom stereocenters. The molecule has 1 aromatic heterocycles. The van der Waals surface area contributed by atoms with Crippen LogP contribution in [-0.4, -0.2) is 22.2 Å². The molecule has 16 heavy (non-hydrogen) atoms. The highest BCUT2D eigenvalue weighted by molar-refractivity contribution is 6.01. The molecule has 1 aromatic rings. The molecule has 1 aliphatic heterocycles. The minimum Gasteiger partial charge on any atom is -0.304 e. The summed E-state index contributed by atoms with van der Waals surface area (Å²) in [4.78, 5) is 26.2. The molecule has 1 N–H and O–H groups in total. The molecule has 0 aromatic carbocycles. The van der Waals surface area contributed by atoms with Crippen LogP contribution in [0.5, 0.6) is 0 Å². The topological polar surface area (TPSA) is 85.1 Å². The molecule has 0 aliphatic carbocycles. The fourth-order valence-electron chi connectivity index (χ4n) is 2.07. The summed E-state index contributed by atoms with van der Waals surface area (Å²) in [6, 6.07) is 0. The van der Waals surface area contributed by atoms with Gasteiger partial charge in [0.15, 0.2) is 5.78 Å². The van der Waals surface area contributed by atoms with E-state index in [1.807, 2.05) is 0 Å². The van der Waals surface area contributed by atoms with Crippen LogP contribution >= 0.6 is 0 Å². The number of fused-ring (bicyclic) bond motifs is 1. The van der Waals surface area contributed by atoms with E-state index in [2.05, 4.69) is 10.3 Å². The number of nitrogens with zero attached hydrogens (tertiary/aromatic N) is 2. The highest BCUT2D eigenvalue weighted by atomic mass is 16.6. The van der Waals surface area contributed by atoms with Crippen molar-refractivity contribution in [3.8, 4) is 0 Å². The van der Waals surface area contributed by atoms with Crippen LogP contribution in [0, 0.1) is 24.0 Å². The van der Waals surface area contributed by atoms with Gasteiger partial charge < -0.3 is 5.32 Å². The summed E-state index contributed by atoms with van der Waals surface area (Å²) in [5.74, 6) is -0.130. The predicted molar refractivity (Wildman–Crippen MR) is 56.4 cm³/mol. The third-order valence-corrected chi connectivity index (χ3v) is 2.70. The molecular weight excluding hydrogens is 210 g/mol. The lowest BCUT2D eigenvalue weighted by Crippen LogP contribution is -2.32. The normalized spacial score (nSPS) is 14.8. The maximum atomic E-state index is 11.7. The molecule has 2 rings (SSSR count). The number of hydrogen-bond acceptors (Lipinski definition) is 5. The Labute approximate surface area is 91.8 Å². The average Bonchev–Trinajstić information content (AvgIpc) is 2.15. The monoisotopic (exact) mass is 221 g/mol. The molecule has 0 saturated carbocycles. The summed E-state index contributed by atoms with van der Waals surface area (Å²) in [6.45, 7) is 3.90. The number of nitro groups is 1. The summed E-state index contributed by atoms with van der Waals surface area (Å²) in [5, 5.41) is 13.8. The number of rotatable bonds is 1. The molecule has 0 spiro atoms. The Balaban J connectivity index is 2.73. The van der Waals surface area contributed by atoms with Gasteiger partial charge in [0, 0.05) is 12.1 Å². The summed E-state index contributed by atoms with van der Waals surface area (Å²) < 4.78 is 0. The number of pyridine rings is 1. The van der Waals surface area contributed by atoms with Crippen LogP contribution in [0.4, 0.5) is 5.69 Å². The van der Waals surface area contributed by atoms with E-state index in [0.717, 1.165) is 0 Å². The quantitative estimate of drug-likeness (QED) is 0.562. The lowest BCUT2D eigenvalue weighted by molar-refractivity contribution is -0.386. The molecule has 6 nitrogen and oxygen atoms in total. The Morgan fingerprint density at radius 2 is 2.06 bits per heavy atom. The summed E-state index contributed by atoms with van der Waals surface area (Å²) in [5.41, 5.74) is 1.76. The minimum atomic E-state index is -0.479. The molecule has 84 valence electrons. The average molecular weight is 221 g/mol. The van der Waals surface area contributed by atoms with Crippen molar-refractivity contribution in [2.75, 3.05) is 6.54 Å². The molecule has 2 heterocycles. The van der Waals surface area contributed by atoms with Gasteiger partial charge in [-0.1, -0.05) is 0 Å². The van der Waals surface area contributed by atoms with E-state index >= 15 is 0 Å². The first-order chi connectivity index (χ1) is 7.52. The number of carbonyl (C=O) groups excluding carboxylic acids is 1. The van der Waals surface area contributed by atoms with Crippen LogP contribution in [-0.2, 0) is 6.54 Å². The first kappa shape index (κ1) is 10.7. The largest absolute Gasteiger partial charge is 0.304 e. The molecule has 1 aliphatic rings. The van der Waals surface area contributed by atoms with E-state index < -0.39 is 4.92 Å². The van der Waals surface area contributed by atoms with Gasteiger partial charge in [-0.2, -0.15) is 0 Å². The summed E-state index contributed by atoms with van der Waals surface area (Å²) >= 11 is 0. The maximum absolute atomic E-state index is 11.7. The number of aromatic nitrogens is 1. The van der Waals surface area contributed by atoms with Crippen molar-refractivity contribution in [1.29, 1.82) is 0 Å². The fraction of sp³-hybridized carbons (Fsp3) is 0.400. The number of ketones is 1. The Morgan fingerprint density at radius 1 is 1.38 bits per heavy atom. The van der Waals surface area contributed by atoms with Gasteiger partial charge in [-0.15, -0.1) is 0 Å². The summed E-state index contributed by atoms with van der Waals surface area (Å²) in [6.07, 6.45) is 0. The van der Waals surface area contributed by atoms with Crippen molar-refractivity contribution < 1.29 is 9.72 Å². The first-order valence-corrected chi connectivity index (χ1v) is 4.90. The molecular formula is C10H11N3O3. The van der Waals surface area contributed by atoms with Crippen molar-refractivity contribution in [3.05, 3.63) is 32.6 Å². The Kier molecular flexibility index (Phi) is 2.43. The highest BCUT2D eigenvalue weighted by Crippen LogP contribution is 2.28. The lowest BCUT2D eigenvalue weighted by Gasteiger charge is -2.17. The van der Waals surface area contributed by atoms with Gasteiger partial charge in [0.2, 0.25) is 0 Å². The molecule has 0 fully saturated rings. The van der Waals surface area contributed by atoms with Crippen molar-refractivity contribution in [2.45, 2.75) is 20.4 Å². The van der Waals surface area contributed by atoms with E-state index in [4.69, 9.17) is 0 Å². The van der Waals surface area contributed by atoms with Gasteiger partial charge in [0.05, 0.1) is 22.7 Å². The molecule has 0 saturated heterocycles. The van der Waals surface area contributed by atoms with Gasteiger partial charge >= 0.3 is 0 Å². The van der Waals surface area contributed by atoms with E-state index in [0.29, 0.717) is 29.1 Å². The van der Waals surface area contributed by atoms with Crippen LogP contribution in [0.15, 0.2) is 0 Å². The van der Waals surface area contributed by atoms with Crippen LogP contribution in [0.1, 0.15) is 27.3 Å². The highest BCUT2D eigenvalue weighted by Gasteiger charge is 2.28. The molecule has 0 amide bonds. The maximum Gasteiger partial charge on any atom is 0.294 e. The van der Waals surface area contributed by atoms with E-state index in [1.54, 1.807) is 13.8 Å². The predicted octanol–water partition coefficient (Wildman–Crippen LogP) is 0.893. The Hall–Kier alpha value is -1.82. The van der Waals surface area contributed by atoms with Gasteiger partial charge in [-0.3, -0.25) is 14.9 Å². The number of hydrogen-bond donors (Lipinski definition) is 1. The Morgan fingerprint density at radius 3 is 2.69 bits per heavy atom. The standard InChI is InChI=1S/C10H11N3O3/c1-5-9-7(3-11-4-8(9)14)12-6(2)10(5)13(15)16/h11H,3-4H2,1-2H3. The van der Waals surface area contributed by atoms with Crippen LogP contribution in [0.2, 0.25) is 0 Å². The molecule has 0 radical (unpaired) electrons. The van der Waals surface area contributed by atoms with Gasteiger partial charge in [0.25, 0.3) is 5.69 Å². The number of aryl methyl sites for hydroxylation is 1. The number of nitrogens with one attached hydrogen (secondary N) is 1. The van der Waals surface area contributed by atoms with E-state index in [9.17, 15) is 14.9 Å². The fourth-order valence-corrected chi connectivity index (χ4v) is 2.07. The van der Waals surface area contributed by atoms with E-state index in [1.165, 1.54) is 0 Å². The second-order valence-electron chi connectivity index (χ2n) is 3.78. The van der Waals surface area contributed by atoms with Crippen LogP contribution in [0.25, 0.3) is 0 Å². The number of Topliss-reactive ketones (excluding diaryl/α,β-unsaturated/α-hetero) is 1. The van der Waals surface area contributed by atoms with Gasteiger partial charge in [-0.25, -0.2) is 4.98 Å². The molecule has 0 unspecified atom stereocenters. The Bertz CT molecular complexity index is 497. The lowest BCUT2D eigenvalue weighted by atomic mass is 9.97. The second-order valence-corrected chi connectivity index (χ2v) is 3.78.